The molecule has 17 heavy (non-hydrogen) atoms. The van der Waals surface area contributed by atoms with Crippen LogP contribution in [-0.4, -0.2) is 22.5 Å². The minimum Gasteiger partial charge on any atom is -0.478 e. The molecular formula is C12H12N2O3. The van der Waals surface area contributed by atoms with Crippen molar-refractivity contribution in [3.05, 3.63) is 23.8 Å². The van der Waals surface area contributed by atoms with E-state index >= 15 is 0 Å². The first-order valence-electron chi connectivity index (χ1n) is 5.58. The first kappa shape index (κ1) is 10.1. The monoisotopic (exact) mass is 232 g/mol. The number of benzene rings is 1. The molecular weight excluding hydrogens is 220 g/mol. The number of fused-ring (bicyclic) bond motifs is 1. The third-order valence-corrected chi connectivity index (χ3v) is 3.55. The van der Waals surface area contributed by atoms with Crippen LogP contribution in [0.1, 0.15) is 29.6 Å². The Morgan fingerprint density at radius 2 is 2.12 bits per heavy atom. The highest BCUT2D eigenvalue weighted by Gasteiger charge is 2.47. The van der Waals surface area contributed by atoms with Crippen molar-refractivity contribution in [3.8, 4) is 0 Å². The summed E-state index contributed by atoms with van der Waals surface area (Å²) in [4.78, 5) is 23.0. The van der Waals surface area contributed by atoms with Gasteiger partial charge in [-0.25, -0.2) is 4.79 Å². The Hall–Kier alpha value is -2.04. The van der Waals surface area contributed by atoms with Gasteiger partial charge in [0.1, 0.15) is 5.54 Å². The molecule has 1 aromatic rings. The fourth-order valence-electron chi connectivity index (χ4n) is 2.40. The molecule has 0 atom stereocenters. The smallest absolute Gasteiger partial charge is 0.337 e. The van der Waals surface area contributed by atoms with Gasteiger partial charge >= 0.3 is 5.97 Å². The second kappa shape index (κ2) is 3.23. The zero-order valence-corrected chi connectivity index (χ0v) is 9.12. The molecule has 0 bridgehead atoms. The minimum atomic E-state index is -1.03. The highest BCUT2D eigenvalue weighted by Crippen LogP contribution is 2.42. The number of nitrogens with one attached hydrogen (secondary N) is 2. The number of amides is 1. The van der Waals surface area contributed by atoms with Crippen LogP contribution in [0.3, 0.4) is 0 Å². The van der Waals surface area contributed by atoms with Crippen molar-refractivity contribution < 1.29 is 14.7 Å². The Morgan fingerprint density at radius 1 is 1.35 bits per heavy atom. The predicted octanol–water partition coefficient (Wildman–Crippen LogP) is 1.67. The number of hydrogen-bond acceptors (Lipinski definition) is 3. The van der Waals surface area contributed by atoms with Crippen LogP contribution in [0.2, 0.25) is 0 Å². The molecule has 1 saturated carbocycles. The second-order valence-electron chi connectivity index (χ2n) is 4.55. The average molecular weight is 232 g/mol. The molecule has 5 nitrogen and oxygen atoms in total. The first-order valence-corrected chi connectivity index (χ1v) is 5.58. The molecule has 5 heteroatoms. The van der Waals surface area contributed by atoms with Crippen LogP contribution in [0.15, 0.2) is 18.2 Å². The lowest BCUT2D eigenvalue weighted by atomic mass is 9.74. The van der Waals surface area contributed by atoms with Crippen LogP contribution in [0.25, 0.3) is 0 Å². The number of aromatic carboxylic acids is 1. The fraction of sp³-hybridized carbons (Fsp3) is 0.333. The summed E-state index contributed by atoms with van der Waals surface area (Å²) in [6.07, 6.45) is 2.62. The van der Waals surface area contributed by atoms with Gasteiger partial charge in [-0.05, 0) is 31.4 Å². The Labute approximate surface area is 97.8 Å². The molecule has 2 aliphatic rings. The SMILES string of the molecule is O=C(O)c1cccc2c1NC(=O)C1(CCC1)N2. The Morgan fingerprint density at radius 3 is 2.71 bits per heavy atom. The van der Waals surface area contributed by atoms with Gasteiger partial charge < -0.3 is 15.7 Å². The van der Waals surface area contributed by atoms with Crippen molar-refractivity contribution in [2.45, 2.75) is 24.8 Å². The summed E-state index contributed by atoms with van der Waals surface area (Å²) in [5.41, 5.74) is 0.689. The van der Waals surface area contributed by atoms with Crippen LogP contribution in [0.4, 0.5) is 11.4 Å². The van der Waals surface area contributed by atoms with Gasteiger partial charge in [0.25, 0.3) is 0 Å². The summed E-state index contributed by atoms with van der Waals surface area (Å²) < 4.78 is 0. The Bertz CT molecular complexity index is 520. The lowest BCUT2D eigenvalue weighted by Crippen LogP contribution is -2.57. The van der Waals surface area contributed by atoms with Crippen molar-refractivity contribution in [3.63, 3.8) is 0 Å². The number of carboxylic acid groups (broad SMARTS) is 1. The molecule has 0 unspecified atom stereocenters. The van der Waals surface area contributed by atoms with Crippen LogP contribution >= 0.6 is 0 Å². The summed E-state index contributed by atoms with van der Waals surface area (Å²) >= 11 is 0. The van der Waals surface area contributed by atoms with E-state index in [4.69, 9.17) is 5.11 Å². The van der Waals surface area contributed by atoms with Gasteiger partial charge in [0.2, 0.25) is 5.91 Å². The quantitative estimate of drug-likeness (QED) is 0.688. The summed E-state index contributed by atoms with van der Waals surface area (Å²) in [7, 11) is 0. The number of hydrogen-bond donors (Lipinski definition) is 3. The van der Waals surface area contributed by atoms with Gasteiger partial charge in [-0.3, -0.25) is 4.79 Å². The van der Waals surface area contributed by atoms with Crippen LogP contribution in [0, 0.1) is 0 Å². The normalized spacial score (nSPS) is 19.9. The second-order valence-corrected chi connectivity index (χ2v) is 4.55. The topological polar surface area (TPSA) is 78.4 Å². The summed E-state index contributed by atoms with van der Waals surface area (Å²) in [5.74, 6) is -1.15. The number of carbonyl (C=O) groups excluding carboxylic acids is 1. The van der Waals surface area contributed by atoms with Crippen molar-refractivity contribution in [2.24, 2.45) is 0 Å². The fourth-order valence-corrected chi connectivity index (χ4v) is 2.40. The standard InChI is InChI=1S/C12H12N2O3/c15-10(16)7-3-1-4-8-9(7)13-11(17)12(14-8)5-2-6-12/h1,3-4,14H,2,5-6H2,(H,13,17)(H,15,16). The maximum Gasteiger partial charge on any atom is 0.337 e. The van der Waals surface area contributed by atoms with Gasteiger partial charge in [-0.1, -0.05) is 6.07 Å². The molecule has 1 fully saturated rings. The van der Waals surface area contributed by atoms with Gasteiger partial charge in [0.15, 0.2) is 0 Å². The molecule has 0 aromatic heterocycles. The van der Waals surface area contributed by atoms with Crippen LogP contribution in [0.5, 0.6) is 0 Å². The number of para-hydroxylation sites is 1. The number of carboxylic acids is 1. The maximum absolute atomic E-state index is 12.0. The zero-order valence-electron chi connectivity index (χ0n) is 9.12. The molecule has 1 aliphatic heterocycles. The number of anilines is 2. The van der Waals surface area contributed by atoms with Gasteiger partial charge in [0, 0.05) is 0 Å². The summed E-state index contributed by atoms with van der Waals surface area (Å²) in [6, 6.07) is 4.96. The molecule has 3 rings (SSSR count). The van der Waals surface area contributed by atoms with Gasteiger partial charge in [-0.2, -0.15) is 0 Å². The highest BCUT2D eigenvalue weighted by molar-refractivity contribution is 6.11. The minimum absolute atomic E-state index is 0.120. The Balaban J connectivity index is 2.07. The molecule has 1 spiro atoms. The van der Waals surface area contributed by atoms with E-state index in [0.29, 0.717) is 11.4 Å². The zero-order chi connectivity index (χ0) is 12.0. The molecule has 88 valence electrons. The van der Waals surface area contributed by atoms with Crippen molar-refractivity contribution >= 4 is 23.3 Å². The van der Waals surface area contributed by atoms with Crippen molar-refractivity contribution in [1.82, 2.24) is 0 Å². The predicted molar refractivity (Wildman–Crippen MR) is 62.2 cm³/mol. The molecule has 0 saturated heterocycles. The van der Waals surface area contributed by atoms with Crippen molar-refractivity contribution in [1.29, 1.82) is 0 Å². The van der Waals surface area contributed by atoms with Crippen molar-refractivity contribution in [2.75, 3.05) is 10.6 Å². The van der Waals surface area contributed by atoms with E-state index in [-0.39, 0.29) is 11.5 Å². The van der Waals surface area contributed by atoms with Crippen LogP contribution < -0.4 is 10.6 Å². The van der Waals surface area contributed by atoms with E-state index in [1.54, 1.807) is 12.1 Å². The van der Waals surface area contributed by atoms with E-state index in [1.807, 2.05) is 0 Å². The van der Waals surface area contributed by atoms with E-state index in [0.717, 1.165) is 19.3 Å². The maximum atomic E-state index is 12.0. The van der Waals surface area contributed by atoms with E-state index < -0.39 is 11.5 Å². The summed E-state index contributed by atoms with van der Waals surface area (Å²) in [5, 5.41) is 14.9. The van der Waals surface area contributed by atoms with E-state index in [2.05, 4.69) is 10.6 Å². The number of rotatable bonds is 1. The molecule has 1 aromatic carbocycles. The van der Waals surface area contributed by atoms with Gasteiger partial charge in [-0.15, -0.1) is 0 Å². The lowest BCUT2D eigenvalue weighted by molar-refractivity contribution is -0.123. The third kappa shape index (κ3) is 1.32. The molecule has 1 amide bonds. The number of carbonyl (C=O) groups is 2. The summed E-state index contributed by atoms with van der Waals surface area (Å²) in [6.45, 7) is 0. The molecule has 0 radical (unpaired) electrons. The van der Waals surface area contributed by atoms with Crippen LogP contribution in [-0.2, 0) is 4.79 Å². The van der Waals surface area contributed by atoms with E-state index in [1.165, 1.54) is 6.07 Å². The van der Waals surface area contributed by atoms with Gasteiger partial charge in [0.05, 0.1) is 16.9 Å². The third-order valence-electron chi connectivity index (χ3n) is 3.55. The largest absolute Gasteiger partial charge is 0.478 e. The Kier molecular flexibility index (Phi) is 1.92. The molecule has 1 heterocycles. The average Bonchev–Trinajstić information content (AvgIpc) is 2.24. The molecule has 3 N–H and O–H groups in total. The highest BCUT2D eigenvalue weighted by atomic mass is 16.4. The lowest BCUT2D eigenvalue weighted by Gasteiger charge is -2.45. The first-order chi connectivity index (χ1) is 8.12. The van der Waals surface area contributed by atoms with E-state index in [9.17, 15) is 9.59 Å². The molecule has 1 aliphatic carbocycles.